The van der Waals surface area contributed by atoms with Crippen LogP contribution in [-0.4, -0.2) is 79.8 Å². The van der Waals surface area contributed by atoms with Crippen molar-refractivity contribution in [3.8, 4) is 0 Å². The lowest BCUT2D eigenvalue weighted by molar-refractivity contribution is -0.139. The van der Waals surface area contributed by atoms with E-state index < -0.39 is 15.4 Å². The molecule has 2 saturated heterocycles. The zero-order valence-corrected chi connectivity index (χ0v) is 18.8. The summed E-state index contributed by atoms with van der Waals surface area (Å²) in [7, 11) is -0.575. The molecule has 2 aromatic rings. The molecule has 4 rings (SSSR count). The summed E-state index contributed by atoms with van der Waals surface area (Å²) in [4.78, 5) is 29.5. The maximum atomic E-state index is 13.4. The van der Waals surface area contributed by atoms with Crippen LogP contribution < -0.4 is 0 Å². The summed E-state index contributed by atoms with van der Waals surface area (Å²) >= 11 is 0. The molecule has 0 bridgehead atoms. The molecule has 0 aliphatic carbocycles. The first kappa shape index (κ1) is 21.5. The number of hydrogen-bond acceptors (Lipinski definition) is 6. The standard InChI is InChI=1S/C21H26N4O5S/c1-14-18(15(2)30-22-14)31(28,29)25-11-17-10-24(19(26)16-8-6-5-7-9-16)12-21(17,13-25)20(27)23(3)4/h5-9,17H,10-13H2,1-4H3/t17-,21-/m0/s1. The summed E-state index contributed by atoms with van der Waals surface area (Å²) in [5, 5.41) is 3.77. The zero-order valence-electron chi connectivity index (χ0n) is 18.0. The van der Waals surface area contributed by atoms with E-state index in [1.807, 2.05) is 6.07 Å². The average molecular weight is 447 g/mol. The molecule has 2 aliphatic rings. The molecule has 2 atom stereocenters. The molecule has 1 aromatic carbocycles. The van der Waals surface area contributed by atoms with E-state index in [9.17, 15) is 18.0 Å². The number of aryl methyl sites for hydroxylation is 2. The molecule has 2 fully saturated rings. The highest BCUT2D eigenvalue weighted by atomic mass is 32.2. The van der Waals surface area contributed by atoms with E-state index in [4.69, 9.17) is 4.52 Å². The van der Waals surface area contributed by atoms with Gasteiger partial charge in [-0.25, -0.2) is 8.42 Å². The molecular formula is C21H26N4O5S. The SMILES string of the molecule is Cc1noc(C)c1S(=O)(=O)N1C[C@@H]2CN(C(=O)c3ccccc3)C[C@]2(C(=O)N(C)C)C1. The number of carbonyl (C=O) groups is 2. The predicted molar refractivity (Wildman–Crippen MR) is 112 cm³/mol. The van der Waals surface area contributed by atoms with Crippen LogP contribution in [0.5, 0.6) is 0 Å². The number of aromatic nitrogens is 1. The van der Waals surface area contributed by atoms with Crippen LogP contribution in [0.4, 0.5) is 0 Å². The van der Waals surface area contributed by atoms with Gasteiger partial charge in [0, 0.05) is 51.8 Å². The number of likely N-dealkylation sites (tertiary alicyclic amines) is 1. The number of sulfonamides is 1. The van der Waals surface area contributed by atoms with E-state index >= 15 is 0 Å². The number of amides is 2. The third kappa shape index (κ3) is 3.34. The van der Waals surface area contributed by atoms with E-state index in [1.165, 1.54) is 9.21 Å². The molecule has 31 heavy (non-hydrogen) atoms. The van der Waals surface area contributed by atoms with Gasteiger partial charge < -0.3 is 14.3 Å². The van der Waals surface area contributed by atoms with Crippen molar-refractivity contribution in [2.75, 3.05) is 40.3 Å². The Bertz CT molecular complexity index is 1110. The fourth-order valence-corrected chi connectivity index (χ4v) is 6.69. The third-order valence-corrected chi connectivity index (χ3v) is 8.34. The molecule has 166 valence electrons. The molecule has 2 amide bonds. The van der Waals surface area contributed by atoms with Gasteiger partial charge in [0.25, 0.3) is 5.91 Å². The summed E-state index contributed by atoms with van der Waals surface area (Å²) in [6.45, 7) is 3.81. The van der Waals surface area contributed by atoms with Crippen LogP contribution in [0.3, 0.4) is 0 Å². The summed E-state index contributed by atoms with van der Waals surface area (Å²) in [5.41, 5.74) is -0.140. The molecule has 0 spiro atoms. The Morgan fingerprint density at radius 1 is 1.13 bits per heavy atom. The molecule has 3 heterocycles. The first-order chi connectivity index (χ1) is 14.6. The summed E-state index contributed by atoms with van der Waals surface area (Å²) in [5.74, 6) is -0.396. The highest BCUT2D eigenvalue weighted by molar-refractivity contribution is 7.89. The van der Waals surface area contributed by atoms with Crippen molar-refractivity contribution in [2.24, 2.45) is 11.3 Å². The van der Waals surface area contributed by atoms with Crippen LogP contribution >= 0.6 is 0 Å². The lowest BCUT2D eigenvalue weighted by Crippen LogP contribution is -2.48. The average Bonchev–Trinajstić information content (AvgIpc) is 3.38. The third-order valence-electron chi connectivity index (χ3n) is 6.28. The van der Waals surface area contributed by atoms with Crippen molar-refractivity contribution in [3.63, 3.8) is 0 Å². The summed E-state index contributed by atoms with van der Waals surface area (Å²) in [6, 6.07) is 8.91. The summed E-state index contributed by atoms with van der Waals surface area (Å²) < 4.78 is 33.1. The van der Waals surface area contributed by atoms with E-state index in [0.29, 0.717) is 17.8 Å². The minimum absolute atomic E-state index is 0.0135. The number of nitrogens with zero attached hydrogens (tertiary/aromatic N) is 4. The molecule has 9 nitrogen and oxygen atoms in total. The highest BCUT2D eigenvalue weighted by Gasteiger charge is 2.60. The molecule has 0 N–H and O–H groups in total. The molecule has 1 aromatic heterocycles. The van der Waals surface area contributed by atoms with Crippen LogP contribution in [0.1, 0.15) is 21.8 Å². The van der Waals surface area contributed by atoms with Crippen molar-refractivity contribution in [2.45, 2.75) is 18.7 Å². The molecule has 10 heteroatoms. The normalized spacial score (nSPS) is 23.7. The van der Waals surface area contributed by atoms with Crippen LogP contribution in [-0.2, 0) is 14.8 Å². The minimum Gasteiger partial charge on any atom is -0.360 e. The number of benzene rings is 1. The Morgan fingerprint density at radius 2 is 1.81 bits per heavy atom. The molecular weight excluding hydrogens is 420 g/mol. The zero-order chi connectivity index (χ0) is 22.6. The van der Waals surface area contributed by atoms with Crippen molar-refractivity contribution in [1.29, 1.82) is 0 Å². The van der Waals surface area contributed by atoms with E-state index in [-0.39, 0.29) is 48.0 Å². The van der Waals surface area contributed by atoms with Gasteiger partial charge in [-0.3, -0.25) is 9.59 Å². The first-order valence-corrected chi connectivity index (χ1v) is 11.5. The Balaban J connectivity index is 1.66. The van der Waals surface area contributed by atoms with Gasteiger partial charge in [0.1, 0.15) is 10.6 Å². The van der Waals surface area contributed by atoms with Gasteiger partial charge in [0.15, 0.2) is 5.76 Å². The Hall–Kier alpha value is -2.72. The fourth-order valence-electron chi connectivity index (χ4n) is 4.84. The van der Waals surface area contributed by atoms with E-state index in [1.54, 1.807) is 57.1 Å². The first-order valence-electron chi connectivity index (χ1n) is 10.1. The maximum Gasteiger partial charge on any atom is 0.253 e. The fraction of sp³-hybridized carbons (Fsp3) is 0.476. The van der Waals surface area contributed by atoms with E-state index in [2.05, 4.69) is 5.16 Å². The van der Waals surface area contributed by atoms with E-state index in [0.717, 1.165) is 0 Å². The van der Waals surface area contributed by atoms with Crippen molar-refractivity contribution in [3.05, 3.63) is 47.3 Å². The number of rotatable bonds is 4. The summed E-state index contributed by atoms with van der Waals surface area (Å²) in [6.07, 6.45) is 0. The number of fused-ring (bicyclic) bond motifs is 1. The van der Waals surface area contributed by atoms with Crippen LogP contribution in [0.2, 0.25) is 0 Å². The lowest BCUT2D eigenvalue weighted by Gasteiger charge is -2.30. The number of hydrogen-bond donors (Lipinski definition) is 0. The van der Waals surface area contributed by atoms with Crippen molar-refractivity contribution in [1.82, 2.24) is 19.3 Å². The minimum atomic E-state index is -3.88. The van der Waals surface area contributed by atoms with Crippen molar-refractivity contribution >= 4 is 21.8 Å². The van der Waals surface area contributed by atoms with Gasteiger partial charge in [0.2, 0.25) is 15.9 Å². The van der Waals surface area contributed by atoms with Gasteiger partial charge in [-0.1, -0.05) is 23.4 Å². The molecule has 0 saturated carbocycles. The van der Waals surface area contributed by atoms with Gasteiger partial charge in [-0.05, 0) is 26.0 Å². The van der Waals surface area contributed by atoms with Gasteiger partial charge in [-0.15, -0.1) is 0 Å². The monoisotopic (exact) mass is 446 g/mol. The second-order valence-corrected chi connectivity index (χ2v) is 10.4. The highest BCUT2D eigenvalue weighted by Crippen LogP contribution is 2.46. The van der Waals surface area contributed by atoms with Gasteiger partial charge in [-0.2, -0.15) is 4.31 Å². The molecule has 0 unspecified atom stereocenters. The second-order valence-electron chi connectivity index (χ2n) is 8.56. The largest absolute Gasteiger partial charge is 0.360 e. The number of carbonyl (C=O) groups excluding carboxylic acids is 2. The van der Waals surface area contributed by atoms with Crippen LogP contribution in [0.15, 0.2) is 39.8 Å². The Labute approximate surface area is 181 Å². The van der Waals surface area contributed by atoms with Gasteiger partial charge >= 0.3 is 0 Å². The Kier molecular flexibility index (Phi) is 5.17. The van der Waals surface area contributed by atoms with Crippen LogP contribution in [0, 0.1) is 25.2 Å². The quantitative estimate of drug-likeness (QED) is 0.698. The molecule has 2 aliphatic heterocycles. The topological polar surface area (TPSA) is 104 Å². The van der Waals surface area contributed by atoms with Crippen molar-refractivity contribution < 1.29 is 22.5 Å². The second kappa shape index (κ2) is 7.45. The molecule has 0 radical (unpaired) electrons. The van der Waals surface area contributed by atoms with Crippen LogP contribution in [0.25, 0.3) is 0 Å². The van der Waals surface area contributed by atoms with Gasteiger partial charge in [0.05, 0.1) is 5.41 Å². The lowest BCUT2D eigenvalue weighted by atomic mass is 9.80. The smallest absolute Gasteiger partial charge is 0.253 e. The predicted octanol–water partition coefficient (Wildman–Crippen LogP) is 1.14. The Morgan fingerprint density at radius 3 is 2.39 bits per heavy atom. The maximum absolute atomic E-state index is 13.4.